The van der Waals surface area contributed by atoms with E-state index in [9.17, 15) is 18.4 Å². The van der Waals surface area contributed by atoms with Crippen molar-refractivity contribution < 1.29 is 32.6 Å². The van der Waals surface area contributed by atoms with Gasteiger partial charge >= 0.3 is 0 Å². The van der Waals surface area contributed by atoms with Gasteiger partial charge in [-0.25, -0.2) is 8.78 Å². The number of rotatable bonds is 6. The number of anilines is 1. The van der Waals surface area contributed by atoms with Crippen LogP contribution in [0.4, 0.5) is 14.5 Å². The fourth-order valence-electron chi connectivity index (χ4n) is 4.36. The summed E-state index contributed by atoms with van der Waals surface area (Å²) in [6.07, 6.45) is -0.294. The second-order valence-corrected chi connectivity index (χ2v) is 9.45. The molecular weight excluding hydrogens is 484 g/mol. The first kappa shape index (κ1) is 28.5. The third-order valence-corrected chi connectivity index (χ3v) is 6.52. The molecule has 10 heteroatoms. The Bertz CT molecular complexity index is 1100. The number of carbonyl (C=O) groups excluding carboxylic acids is 2. The molecule has 3 atom stereocenters. The van der Waals surface area contributed by atoms with Crippen molar-refractivity contribution in [2.24, 2.45) is 5.92 Å². The molecule has 2 amide bonds. The summed E-state index contributed by atoms with van der Waals surface area (Å²) in [6.45, 7) is 4.97. The largest absolute Gasteiger partial charge is 0.491 e. The molecule has 0 spiro atoms. The Morgan fingerprint density at radius 2 is 1.89 bits per heavy atom. The lowest BCUT2D eigenvalue weighted by Gasteiger charge is -2.36. The molecule has 1 aliphatic heterocycles. The maximum atomic E-state index is 14.5. The standard InChI is InChI=1S/C27H35F2N3O5/c1-17-12-32(13-19-10-20(28)6-9-23(19)29)18(2)15-37-24-11-21(30-26(33)16-35-4)7-8-22(24)27(34)31(3)14-25(17)36-5/h6-11,17-18,25H,12-16H2,1-5H3,(H,30,33)/t17-,18+,25-/m1/s1. The van der Waals surface area contributed by atoms with Crippen molar-refractivity contribution in [1.29, 1.82) is 0 Å². The summed E-state index contributed by atoms with van der Waals surface area (Å²) in [7, 11) is 4.71. The van der Waals surface area contributed by atoms with E-state index >= 15 is 0 Å². The lowest BCUT2D eigenvalue weighted by Crippen LogP contribution is -2.46. The van der Waals surface area contributed by atoms with E-state index in [2.05, 4.69) is 5.32 Å². The molecule has 37 heavy (non-hydrogen) atoms. The molecular formula is C27H35F2N3O5. The highest BCUT2D eigenvalue weighted by atomic mass is 19.1. The van der Waals surface area contributed by atoms with Gasteiger partial charge < -0.3 is 24.4 Å². The highest BCUT2D eigenvalue weighted by Gasteiger charge is 2.29. The summed E-state index contributed by atoms with van der Waals surface area (Å²) >= 11 is 0. The minimum absolute atomic E-state index is 0.0309. The van der Waals surface area contributed by atoms with Gasteiger partial charge in [0.2, 0.25) is 5.91 Å². The van der Waals surface area contributed by atoms with Gasteiger partial charge in [0.15, 0.2) is 0 Å². The quantitative estimate of drug-likeness (QED) is 0.629. The molecule has 0 fully saturated rings. The molecule has 0 unspecified atom stereocenters. The molecule has 0 aliphatic carbocycles. The van der Waals surface area contributed by atoms with Crippen LogP contribution in [0.15, 0.2) is 36.4 Å². The topological polar surface area (TPSA) is 80.3 Å². The molecule has 1 N–H and O–H groups in total. The zero-order valence-corrected chi connectivity index (χ0v) is 21.9. The van der Waals surface area contributed by atoms with E-state index in [0.717, 1.165) is 12.1 Å². The van der Waals surface area contributed by atoms with Gasteiger partial charge in [0.05, 0.1) is 11.7 Å². The number of fused-ring (bicyclic) bond motifs is 1. The Balaban J connectivity index is 1.95. The molecule has 0 saturated carbocycles. The van der Waals surface area contributed by atoms with Gasteiger partial charge in [-0.1, -0.05) is 6.92 Å². The Kier molecular flexibility index (Phi) is 9.96. The van der Waals surface area contributed by atoms with Crippen molar-refractivity contribution >= 4 is 17.5 Å². The van der Waals surface area contributed by atoms with Crippen LogP contribution < -0.4 is 10.1 Å². The molecule has 0 bridgehead atoms. The zero-order valence-electron chi connectivity index (χ0n) is 21.9. The fourth-order valence-corrected chi connectivity index (χ4v) is 4.36. The predicted molar refractivity (Wildman–Crippen MR) is 136 cm³/mol. The van der Waals surface area contributed by atoms with E-state index in [0.29, 0.717) is 30.1 Å². The van der Waals surface area contributed by atoms with Crippen LogP contribution in [0.25, 0.3) is 0 Å². The van der Waals surface area contributed by atoms with Crippen molar-refractivity contribution in [2.75, 3.05) is 52.9 Å². The number of benzene rings is 2. The summed E-state index contributed by atoms with van der Waals surface area (Å²) < 4.78 is 45.1. The minimum Gasteiger partial charge on any atom is -0.491 e. The summed E-state index contributed by atoms with van der Waals surface area (Å²) in [6, 6.07) is 8.03. The van der Waals surface area contributed by atoms with Crippen LogP contribution in [-0.4, -0.2) is 81.3 Å². The number of halogens is 2. The van der Waals surface area contributed by atoms with Gasteiger partial charge in [0, 0.05) is 64.3 Å². The summed E-state index contributed by atoms with van der Waals surface area (Å²) in [4.78, 5) is 28.9. The van der Waals surface area contributed by atoms with E-state index in [1.807, 2.05) is 18.7 Å². The molecule has 0 aromatic heterocycles. The number of methoxy groups -OCH3 is 2. The first-order valence-corrected chi connectivity index (χ1v) is 12.1. The SMILES string of the molecule is COCC(=O)Nc1ccc2c(c1)OC[C@H](C)N(Cc1cc(F)ccc1F)C[C@@H](C)[C@H](OC)CN(C)C2=O. The van der Waals surface area contributed by atoms with Gasteiger partial charge in [-0.2, -0.15) is 0 Å². The zero-order chi connectivity index (χ0) is 27.1. The molecule has 2 aromatic carbocycles. The Labute approximate surface area is 216 Å². The number of hydrogen-bond donors (Lipinski definition) is 1. The lowest BCUT2D eigenvalue weighted by molar-refractivity contribution is -0.119. The van der Waals surface area contributed by atoms with Crippen molar-refractivity contribution in [3.8, 4) is 5.75 Å². The number of hydrogen-bond acceptors (Lipinski definition) is 6. The molecule has 3 rings (SSSR count). The molecule has 0 radical (unpaired) electrons. The minimum atomic E-state index is -0.505. The normalized spacial score (nSPS) is 21.4. The third-order valence-electron chi connectivity index (χ3n) is 6.52. The second kappa shape index (κ2) is 12.9. The van der Waals surface area contributed by atoms with E-state index in [4.69, 9.17) is 14.2 Å². The number of carbonyl (C=O) groups is 2. The van der Waals surface area contributed by atoms with Crippen molar-refractivity contribution in [1.82, 2.24) is 9.80 Å². The van der Waals surface area contributed by atoms with Crippen LogP contribution in [0.1, 0.15) is 29.8 Å². The van der Waals surface area contributed by atoms with E-state index < -0.39 is 11.6 Å². The Hall–Kier alpha value is -3.08. The molecule has 0 saturated heterocycles. The summed E-state index contributed by atoms with van der Waals surface area (Å²) in [5.41, 5.74) is 1.04. The summed E-state index contributed by atoms with van der Waals surface area (Å²) in [5.74, 6) is -1.30. The maximum absolute atomic E-state index is 14.5. The number of nitrogens with zero attached hydrogens (tertiary/aromatic N) is 2. The Morgan fingerprint density at radius 3 is 2.59 bits per heavy atom. The molecule has 1 heterocycles. The number of likely N-dealkylation sites (N-methyl/N-ethyl adjacent to an activating group) is 1. The fraction of sp³-hybridized carbons (Fsp3) is 0.481. The van der Waals surface area contributed by atoms with Crippen LogP contribution in [-0.2, 0) is 20.8 Å². The summed E-state index contributed by atoms with van der Waals surface area (Å²) in [5, 5.41) is 2.72. The molecule has 2 aromatic rings. The highest BCUT2D eigenvalue weighted by Crippen LogP contribution is 2.27. The first-order chi connectivity index (χ1) is 17.6. The monoisotopic (exact) mass is 519 g/mol. The molecule has 1 aliphatic rings. The second-order valence-electron chi connectivity index (χ2n) is 9.45. The Morgan fingerprint density at radius 1 is 1.14 bits per heavy atom. The van der Waals surface area contributed by atoms with Crippen molar-refractivity contribution in [2.45, 2.75) is 32.5 Å². The van der Waals surface area contributed by atoms with Gasteiger partial charge in [-0.3, -0.25) is 14.5 Å². The average molecular weight is 520 g/mol. The third kappa shape index (κ3) is 7.47. The first-order valence-electron chi connectivity index (χ1n) is 12.1. The van der Waals surface area contributed by atoms with Gasteiger partial charge in [-0.15, -0.1) is 0 Å². The average Bonchev–Trinajstić information content (AvgIpc) is 2.86. The maximum Gasteiger partial charge on any atom is 0.257 e. The van der Waals surface area contributed by atoms with Crippen LogP contribution in [0.3, 0.4) is 0 Å². The smallest absolute Gasteiger partial charge is 0.257 e. The van der Waals surface area contributed by atoms with Crippen LogP contribution in [0.5, 0.6) is 5.75 Å². The highest BCUT2D eigenvalue weighted by molar-refractivity contribution is 5.98. The van der Waals surface area contributed by atoms with E-state index in [-0.39, 0.29) is 55.2 Å². The molecule has 8 nitrogen and oxygen atoms in total. The number of nitrogens with one attached hydrogen (secondary N) is 1. The number of amides is 2. The van der Waals surface area contributed by atoms with Crippen molar-refractivity contribution in [3.63, 3.8) is 0 Å². The van der Waals surface area contributed by atoms with Crippen LogP contribution in [0.2, 0.25) is 0 Å². The van der Waals surface area contributed by atoms with E-state index in [1.165, 1.54) is 13.2 Å². The predicted octanol–water partition coefficient (Wildman–Crippen LogP) is 3.56. The molecule has 202 valence electrons. The van der Waals surface area contributed by atoms with Gasteiger partial charge in [-0.05, 0) is 43.2 Å². The lowest BCUT2D eigenvalue weighted by atomic mass is 10.0. The van der Waals surface area contributed by atoms with E-state index in [1.54, 1.807) is 37.3 Å². The van der Waals surface area contributed by atoms with Gasteiger partial charge in [0.1, 0.15) is 30.6 Å². The van der Waals surface area contributed by atoms with Crippen LogP contribution >= 0.6 is 0 Å². The van der Waals surface area contributed by atoms with Gasteiger partial charge in [0.25, 0.3) is 5.91 Å². The van der Waals surface area contributed by atoms with Crippen LogP contribution in [0, 0.1) is 17.6 Å². The number of ether oxygens (including phenoxy) is 3. The van der Waals surface area contributed by atoms with Crippen molar-refractivity contribution in [3.05, 3.63) is 59.2 Å².